The fourth-order valence-electron chi connectivity index (χ4n) is 8.66. The molecule has 0 amide bonds. The van der Waals surface area contributed by atoms with Gasteiger partial charge in [-0.2, -0.15) is 11.3 Å². The summed E-state index contributed by atoms with van der Waals surface area (Å²) in [5, 5.41) is 4.08. The molecule has 144 valence electrons. The van der Waals surface area contributed by atoms with Crippen molar-refractivity contribution in [1.82, 2.24) is 0 Å². The number of carbonyl (C=O) groups excluding carboxylic acids is 2. The van der Waals surface area contributed by atoms with E-state index in [1.54, 1.807) is 11.3 Å². The molecule has 0 radical (unpaired) electrons. The van der Waals surface area contributed by atoms with E-state index in [9.17, 15) is 9.59 Å². The van der Waals surface area contributed by atoms with E-state index < -0.39 is 5.97 Å². The standard InChI is InChI=1S/C24H24O3S/c1-10(12-2-3-28-9-12)19-22(24(26)27-23(19)25)20-13-7-15-14-4-11-5-17(15)21(20)18(6-11)16(14)8-13/h2-3,9,11,13-18,21H,4-8H2,1H3/b19-10+,22-20-/t11-,13?,14?,15+,16?,17+,18?,21-/m1/s1. The first-order valence-electron chi connectivity index (χ1n) is 10.9. The second-order valence-electron chi connectivity index (χ2n) is 10.1. The van der Waals surface area contributed by atoms with Crippen molar-refractivity contribution >= 4 is 28.8 Å². The van der Waals surface area contributed by atoms with Crippen molar-refractivity contribution in [3.63, 3.8) is 0 Å². The number of allylic oxidation sites excluding steroid dienone is 2. The Bertz CT molecular complexity index is 959. The molecular formula is C24H24O3S. The summed E-state index contributed by atoms with van der Waals surface area (Å²) in [4.78, 5) is 25.7. The van der Waals surface area contributed by atoms with Crippen LogP contribution < -0.4 is 0 Å². The largest absolute Gasteiger partial charge is 0.386 e. The van der Waals surface area contributed by atoms with E-state index in [0.717, 1.165) is 46.6 Å². The predicted octanol–water partition coefficient (Wildman–Crippen LogP) is 4.85. The number of cyclic esters (lactones) is 2. The van der Waals surface area contributed by atoms with E-state index in [4.69, 9.17) is 4.74 Å². The molecule has 8 fully saturated rings. The van der Waals surface area contributed by atoms with Crippen LogP contribution in [0.1, 0.15) is 44.6 Å². The lowest BCUT2D eigenvalue weighted by Crippen LogP contribution is -2.63. The van der Waals surface area contributed by atoms with E-state index >= 15 is 0 Å². The average Bonchev–Trinajstić information content (AvgIpc) is 3.32. The van der Waals surface area contributed by atoms with Gasteiger partial charge in [-0.05, 0) is 120 Å². The topological polar surface area (TPSA) is 43.4 Å². The minimum Gasteiger partial charge on any atom is -0.386 e. The Labute approximate surface area is 168 Å². The summed E-state index contributed by atoms with van der Waals surface area (Å²) in [6.45, 7) is 1.98. The summed E-state index contributed by atoms with van der Waals surface area (Å²) in [6.07, 6.45) is 6.66. The van der Waals surface area contributed by atoms with Gasteiger partial charge in [-0.3, -0.25) is 0 Å². The molecule has 8 aliphatic rings. The van der Waals surface area contributed by atoms with E-state index in [2.05, 4.69) is 5.38 Å². The van der Waals surface area contributed by atoms with E-state index in [-0.39, 0.29) is 5.97 Å². The molecule has 1 aliphatic heterocycles. The van der Waals surface area contributed by atoms with Crippen molar-refractivity contribution in [2.75, 3.05) is 0 Å². The van der Waals surface area contributed by atoms with Crippen molar-refractivity contribution in [3.8, 4) is 0 Å². The monoisotopic (exact) mass is 392 g/mol. The van der Waals surface area contributed by atoms with Gasteiger partial charge in [-0.1, -0.05) is 0 Å². The van der Waals surface area contributed by atoms with Crippen molar-refractivity contribution in [3.05, 3.63) is 39.1 Å². The summed E-state index contributed by atoms with van der Waals surface area (Å²) >= 11 is 1.62. The normalized spacial score (nSPS) is 49.3. The average molecular weight is 393 g/mol. The third-order valence-corrected chi connectivity index (χ3v) is 10.00. The highest BCUT2D eigenvalue weighted by Crippen LogP contribution is 2.73. The van der Waals surface area contributed by atoms with Crippen LogP contribution in [0.5, 0.6) is 0 Å². The first-order chi connectivity index (χ1) is 13.6. The van der Waals surface area contributed by atoms with Crippen LogP contribution in [-0.4, -0.2) is 11.9 Å². The van der Waals surface area contributed by atoms with Crippen LogP contribution >= 0.6 is 11.3 Å². The van der Waals surface area contributed by atoms with Crippen LogP contribution in [0.3, 0.4) is 0 Å². The molecule has 28 heavy (non-hydrogen) atoms. The maximum absolute atomic E-state index is 13.0. The lowest BCUT2D eigenvalue weighted by atomic mass is 9.34. The van der Waals surface area contributed by atoms with Crippen LogP contribution in [0, 0.1) is 47.3 Å². The summed E-state index contributed by atoms with van der Waals surface area (Å²) in [6, 6.07) is 2.03. The second-order valence-corrected chi connectivity index (χ2v) is 10.9. The van der Waals surface area contributed by atoms with Gasteiger partial charge in [0.25, 0.3) is 0 Å². The number of hydrogen-bond acceptors (Lipinski definition) is 4. The number of rotatable bonds is 1. The number of hydrogen-bond donors (Lipinski definition) is 0. The van der Waals surface area contributed by atoms with Crippen LogP contribution in [0.2, 0.25) is 0 Å². The third kappa shape index (κ3) is 1.82. The highest BCUT2D eigenvalue weighted by molar-refractivity contribution is 7.08. The van der Waals surface area contributed by atoms with E-state index in [1.807, 2.05) is 18.4 Å². The highest BCUT2D eigenvalue weighted by Gasteiger charge is 2.66. The maximum atomic E-state index is 13.0. The summed E-state index contributed by atoms with van der Waals surface area (Å²) in [7, 11) is 0. The van der Waals surface area contributed by atoms with Gasteiger partial charge in [0, 0.05) is 0 Å². The molecule has 1 saturated heterocycles. The Morgan fingerprint density at radius 3 is 2.32 bits per heavy atom. The fraction of sp³-hybridized carbons (Fsp3) is 0.583. The Kier molecular flexibility index (Phi) is 3.04. The Morgan fingerprint density at radius 2 is 1.64 bits per heavy atom. The molecule has 4 unspecified atom stereocenters. The number of ether oxygens (including phenoxy) is 1. The summed E-state index contributed by atoms with van der Waals surface area (Å²) < 4.78 is 5.22. The van der Waals surface area contributed by atoms with Gasteiger partial charge in [-0.15, -0.1) is 0 Å². The van der Waals surface area contributed by atoms with Crippen LogP contribution in [-0.2, 0) is 14.3 Å². The SMILES string of the molecule is C/C(=C1\C(=O)OC(=O)\C1=C1\C2CC3C4C[C@H]5CC3[C@H]1[C@@H](C5)[C@H]4C2)c1ccsc1. The van der Waals surface area contributed by atoms with Gasteiger partial charge in [0.1, 0.15) is 0 Å². The molecule has 0 aromatic carbocycles. The fourth-order valence-corrected chi connectivity index (χ4v) is 9.37. The Hall–Kier alpha value is -1.68. The summed E-state index contributed by atoms with van der Waals surface area (Å²) in [5.74, 6) is 5.37. The van der Waals surface area contributed by atoms with Crippen LogP contribution in [0.15, 0.2) is 33.5 Å². The number of esters is 2. The first-order valence-corrected chi connectivity index (χ1v) is 11.8. The predicted molar refractivity (Wildman–Crippen MR) is 106 cm³/mol. The Balaban J connectivity index is 1.45. The van der Waals surface area contributed by atoms with Gasteiger partial charge < -0.3 is 4.74 Å². The first kappa shape index (κ1) is 16.2. The quantitative estimate of drug-likeness (QED) is 0.390. The molecule has 8 atom stereocenters. The number of carbonyl (C=O) groups is 2. The van der Waals surface area contributed by atoms with E-state index in [0.29, 0.717) is 23.0 Å². The zero-order valence-corrected chi connectivity index (χ0v) is 16.8. The molecule has 2 heterocycles. The van der Waals surface area contributed by atoms with Gasteiger partial charge in [0.2, 0.25) is 0 Å². The lowest BCUT2D eigenvalue weighted by molar-refractivity contribution is -0.177. The molecule has 4 heteroatoms. The molecule has 1 aromatic heterocycles. The molecular weight excluding hydrogens is 368 g/mol. The van der Waals surface area contributed by atoms with Gasteiger partial charge in [-0.25, -0.2) is 9.59 Å². The zero-order chi connectivity index (χ0) is 18.7. The van der Waals surface area contributed by atoms with Crippen molar-refractivity contribution in [2.24, 2.45) is 47.3 Å². The molecule has 1 aromatic rings. The summed E-state index contributed by atoms with van der Waals surface area (Å²) in [5.41, 5.74) is 4.51. The molecule has 0 spiro atoms. The zero-order valence-electron chi connectivity index (χ0n) is 16.0. The highest BCUT2D eigenvalue weighted by atomic mass is 32.1. The molecule has 3 nitrogen and oxygen atoms in total. The van der Waals surface area contributed by atoms with E-state index in [1.165, 1.54) is 37.7 Å². The molecule has 8 bridgehead atoms. The third-order valence-electron chi connectivity index (χ3n) is 9.31. The van der Waals surface area contributed by atoms with Gasteiger partial charge in [0.05, 0.1) is 11.1 Å². The maximum Gasteiger partial charge on any atom is 0.347 e. The number of thiophene rings is 1. The molecule has 7 saturated carbocycles. The van der Waals surface area contributed by atoms with Crippen molar-refractivity contribution in [1.29, 1.82) is 0 Å². The minimum atomic E-state index is -0.432. The second kappa shape index (κ2) is 5.27. The van der Waals surface area contributed by atoms with Gasteiger partial charge >= 0.3 is 11.9 Å². The van der Waals surface area contributed by atoms with Gasteiger partial charge in [0.15, 0.2) is 0 Å². The Morgan fingerprint density at radius 1 is 0.964 bits per heavy atom. The molecule has 9 rings (SSSR count). The smallest absolute Gasteiger partial charge is 0.347 e. The van der Waals surface area contributed by atoms with Crippen LogP contribution in [0.25, 0.3) is 5.57 Å². The van der Waals surface area contributed by atoms with Crippen molar-refractivity contribution in [2.45, 2.75) is 39.0 Å². The van der Waals surface area contributed by atoms with Crippen molar-refractivity contribution < 1.29 is 14.3 Å². The van der Waals surface area contributed by atoms with Crippen LogP contribution in [0.4, 0.5) is 0 Å². The lowest BCUT2D eigenvalue weighted by Gasteiger charge is -2.70. The molecule has 0 N–H and O–H groups in total. The molecule has 7 aliphatic carbocycles. The minimum absolute atomic E-state index is 0.375.